The highest BCUT2D eigenvalue weighted by Crippen LogP contribution is 2.29. The van der Waals surface area contributed by atoms with Crippen LogP contribution < -0.4 is 0 Å². The molecule has 0 spiro atoms. The van der Waals surface area contributed by atoms with E-state index in [0.717, 1.165) is 44.3 Å². The summed E-state index contributed by atoms with van der Waals surface area (Å²) in [5.74, 6) is 0.997. The lowest BCUT2D eigenvalue weighted by molar-refractivity contribution is -0.143. The number of nitrogens with zero attached hydrogens (tertiary/aromatic N) is 1. The van der Waals surface area contributed by atoms with Gasteiger partial charge >= 0.3 is 5.97 Å². The van der Waals surface area contributed by atoms with Crippen molar-refractivity contribution < 1.29 is 9.90 Å². The molecule has 1 saturated carbocycles. The number of hydrogen-bond donors (Lipinski definition) is 1. The van der Waals surface area contributed by atoms with E-state index in [1.54, 1.807) is 0 Å². The third-order valence-electron chi connectivity index (χ3n) is 4.51. The second-order valence-corrected chi connectivity index (χ2v) is 6.06. The van der Waals surface area contributed by atoms with Gasteiger partial charge in [-0.3, -0.25) is 4.79 Å². The molecule has 0 bridgehead atoms. The first-order valence-electron chi connectivity index (χ1n) is 7.10. The molecule has 0 radical (unpaired) electrons. The molecule has 1 saturated heterocycles. The van der Waals surface area contributed by atoms with E-state index in [1.807, 2.05) is 0 Å². The minimum Gasteiger partial charge on any atom is -0.481 e. The molecule has 0 aromatic heterocycles. The average molecular weight is 239 g/mol. The monoisotopic (exact) mass is 239 g/mol. The van der Waals surface area contributed by atoms with Gasteiger partial charge in [-0.05, 0) is 44.1 Å². The Morgan fingerprint density at radius 3 is 2.59 bits per heavy atom. The van der Waals surface area contributed by atoms with Crippen LogP contribution in [0.5, 0.6) is 0 Å². The smallest absolute Gasteiger partial charge is 0.307 e. The lowest BCUT2D eigenvalue weighted by atomic mass is 9.82. The number of carboxylic acid groups (broad SMARTS) is 1. The van der Waals surface area contributed by atoms with Crippen LogP contribution in [0.4, 0.5) is 0 Å². The van der Waals surface area contributed by atoms with E-state index >= 15 is 0 Å². The molecule has 1 atom stereocenters. The van der Waals surface area contributed by atoms with Gasteiger partial charge in [0.15, 0.2) is 0 Å². The van der Waals surface area contributed by atoms with Crippen molar-refractivity contribution >= 4 is 5.97 Å². The molecule has 1 aliphatic carbocycles. The molecule has 0 aromatic rings. The summed E-state index contributed by atoms with van der Waals surface area (Å²) in [4.78, 5) is 13.4. The van der Waals surface area contributed by atoms with Gasteiger partial charge in [-0.2, -0.15) is 0 Å². The van der Waals surface area contributed by atoms with Gasteiger partial charge in [-0.15, -0.1) is 0 Å². The predicted molar refractivity (Wildman–Crippen MR) is 67.9 cm³/mol. The molecule has 0 aromatic carbocycles. The number of carbonyl (C=O) groups is 1. The van der Waals surface area contributed by atoms with Gasteiger partial charge in [0.05, 0.1) is 5.92 Å². The largest absolute Gasteiger partial charge is 0.481 e. The summed E-state index contributed by atoms with van der Waals surface area (Å²) in [6.07, 6.45) is 7.33. The van der Waals surface area contributed by atoms with Gasteiger partial charge in [-0.25, -0.2) is 0 Å². The SMILES string of the molecule is CC1CCC(CN2CCCC(C(=O)O)C2)CC1. The Morgan fingerprint density at radius 1 is 1.24 bits per heavy atom. The van der Waals surface area contributed by atoms with E-state index in [-0.39, 0.29) is 5.92 Å². The molecule has 0 amide bonds. The van der Waals surface area contributed by atoms with Crippen LogP contribution in [0.15, 0.2) is 0 Å². The third kappa shape index (κ3) is 3.70. The summed E-state index contributed by atoms with van der Waals surface area (Å²) >= 11 is 0. The fourth-order valence-corrected chi connectivity index (χ4v) is 3.30. The van der Waals surface area contributed by atoms with Crippen molar-refractivity contribution in [3.63, 3.8) is 0 Å². The summed E-state index contributed by atoms with van der Waals surface area (Å²) in [5, 5.41) is 9.07. The molecule has 1 unspecified atom stereocenters. The summed E-state index contributed by atoms with van der Waals surface area (Å²) in [5.41, 5.74) is 0. The fraction of sp³-hybridized carbons (Fsp3) is 0.929. The van der Waals surface area contributed by atoms with Crippen molar-refractivity contribution in [2.75, 3.05) is 19.6 Å². The van der Waals surface area contributed by atoms with Crippen LogP contribution in [0.2, 0.25) is 0 Å². The van der Waals surface area contributed by atoms with E-state index in [0.29, 0.717) is 0 Å². The van der Waals surface area contributed by atoms with Gasteiger partial charge in [0.2, 0.25) is 0 Å². The van der Waals surface area contributed by atoms with Crippen LogP contribution in [0.25, 0.3) is 0 Å². The molecule has 2 rings (SSSR count). The Hall–Kier alpha value is -0.570. The van der Waals surface area contributed by atoms with E-state index in [2.05, 4.69) is 11.8 Å². The van der Waals surface area contributed by atoms with Crippen molar-refractivity contribution in [1.29, 1.82) is 0 Å². The van der Waals surface area contributed by atoms with Gasteiger partial charge < -0.3 is 10.0 Å². The molecule has 98 valence electrons. The van der Waals surface area contributed by atoms with Gasteiger partial charge in [0, 0.05) is 13.1 Å². The van der Waals surface area contributed by atoms with Crippen LogP contribution >= 0.6 is 0 Å². The number of hydrogen-bond acceptors (Lipinski definition) is 2. The number of aliphatic carboxylic acids is 1. The Morgan fingerprint density at radius 2 is 1.94 bits per heavy atom. The molecule has 1 aliphatic heterocycles. The van der Waals surface area contributed by atoms with E-state index < -0.39 is 5.97 Å². The van der Waals surface area contributed by atoms with Crippen molar-refractivity contribution in [3.05, 3.63) is 0 Å². The molecule has 1 N–H and O–H groups in total. The summed E-state index contributed by atoms with van der Waals surface area (Å²) < 4.78 is 0. The zero-order valence-corrected chi connectivity index (χ0v) is 10.9. The summed E-state index contributed by atoms with van der Waals surface area (Å²) in [6, 6.07) is 0. The number of likely N-dealkylation sites (tertiary alicyclic amines) is 1. The lowest BCUT2D eigenvalue weighted by Gasteiger charge is -2.35. The Bertz CT molecular complexity index is 259. The normalized spacial score (nSPS) is 35.7. The molecule has 3 heteroatoms. The number of carboxylic acids is 1. The standard InChI is InChI=1S/C14H25NO2/c1-11-4-6-12(7-5-11)9-15-8-2-3-13(10-15)14(16)17/h11-13H,2-10H2,1H3,(H,16,17). The highest BCUT2D eigenvalue weighted by atomic mass is 16.4. The lowest BCUT2D eigenvalue weighted by Crippen LogP contribution is -2.41. The Balaban J connectivity index is 1.76. The second kappa shape index (κ2) is 5.85. The summed E-state index contributed by atoms with van der Waals surface area (Å²) in [6.45, 7) is 5.37. The van der Waals surface area contributed by atoms with Crippen molar-refractivity contribution in [2.24, 2.45) is 17.8 Å². The first-order valence-corrected chi connectivity index (χ1v) is 7.10. The third-order valence-corrected chi connectivity index (χ3v) is 4.51. The summed E-state index contributed by atoms with van der Waals surface area (Å²) in [7, 11) is 0. The first-order chi connectivity index (χ1) is 8.15. The van der Waals surface area contributed by atoms with Crippen LogP contribution in [0, 0.1) is 17.8 Å². The molecular weight excluding hydrogens is 214 g/mol. The first kappa shape index (κ1) is 12.9. The molecular formula is C14H25NO2. The molecule has 1 heterocycles. The average Bonchev–Trinajstić information content (AvgIpc) is 2.32. The van der Waals surface area contributed by atoms with Crippen LogP contribution in [0.1, 0.15) is 45.4 Å². The molecule has 17 heavy (non-hydrogen) atoms. The van der Waals surface area contributed by atoms with E-state index in [9.17, 15) is 4.79 Å². The molecule has 3 nitrogen and oxygen atoms in total. The second-order valence-electron chi connectivity index (χ2n) is 6.06. The Kier molecular flexibility index (Phi) is 4.43. The zero-order chi connectivity index (χ0) is 12.3. The van der Waals surface area contributed by atoms with E-state index in [1.165, 1.54) is 25.7 Å². The minimum absolute atomic E-state index is 0.119. The maximum atomic E-state index is 11.0. The predicted octanol–water partition coefficient (Wildman–Crippen LogP) is 2.61. The topological polar surface area (TPSA) is 40.5 Å². The van der Waals surface area contributed by atoms with Gasteiger partial charge in [0.1, 0.15) is 0 Å². The van der Waals surface area contributed by atoms with Gasteiger partial charge in [-0.1, -0.05) is 19.8 Å². The van der Waals surface area contributed by atoms with Crippen LogP contribution in [0.3, 0.4) is 0 Å². The van der Waals surface area contributed by atoms with Crippen LogP contribution in [-0.4, -0.2) is 35.6 Å². The molecule has 2 fully saturated rings. The quantitative estimate of drug-likeness (QED) is 0.823. The Labute approximate surface area is 104 Å². The number of rotatable bonds is 3. The maximum absolute atomic E-state index is 11.0. The molecule has 2 aliphatic rings. The highest BCUT2D eigenvalue weighted by molar-refractivity contribution is 5.70. The maximum Gasteiger partial charge on any atom is 0.307 e. The minimum atomic E-state index is -0.605. The zero-order valence-electron chi connectivity index (χ0n) is 10.9. The van der Waals surface area contributed by atoms with E-state index in [4.69, 9.17) is 5.11 Å². The fourth-order valence-electron chi connectivity index (χ4n) is 3.30. The number of piperidine rings is 1. The van der Waals surface area contributed by atoms with Crippen LogP contribution in [-0.2, 0) is 4.79 Å². The highest BCUT2D eigenvalue weighted by Gasteiger charge is 2.27. The van der Waals surface area contributed by atoms with Crippen molar-refractivity contribution in [2.45, 2.75) is 45.4 Å². The van der Waals surface area contributed by atoms with Gasteiger partial charge in [0.25, 0.3) is 0 Å². The van der Waals surface area contributed by atoms with Crippen molar-refractivity contribution in [3.8, 4) is 0 Å². The van der Waals surface area contributed by atoms with Crippen molar-refractivity contribution in [1.82, 2.24) is 4.90 Å².